The van der Waals surface area contributed by atoms with Crippen molar-refractivity contribution in [1.29, 1.82) is 0 Å². The molecule has 0 saturated carbocycles. The molecule has 5 nitrogen and oxygen atoms in total. The normalized spacial score (nSPS) is 10.4. The minimum absolute atomic E-state index is 0.559. The van der Waals surface area contributed by atoms with E-state index in [1.807, 2.05) is 24.3 Å². The first-order chi connectivity index (χ1) is 10.8. The summed E-state index contributed by atoms with van der Waals surface area (Å²) in [7, 11) is 0. The molecule has 112 valence electrons. The lowest BCUT2D eigenvalue weighted by Crippen LogP contribution is -2.13. The van der Waals surface area contributed by atoms with Crippen LogP contribution in [-0.4, -0.2) is 14.9 Å². The van der Waals surface area contributed by atoms with E-state index in [0.717, 1.165) is 16.9 Å². The minimum Gasteiger partial charge on any atom is -0.489 e. The summed E-state index contributed by atoms with van der Waals surface area (Å²) in [6, 6.07) is 16.4. The van der Waals surface area contributed by atoms with Gasteiger partial charge in [-0.15, -0.1) is 10.2 Å². The Balaban J connectivity index is 1.64. The number of aromatic nitrogens is 3. The van der Waals surface area contributed by atoms with E-state index in [2.05, 4.69) is 46.8 Å². The van der Waals surface area contributed by atoms with E-state index in [0.29, 0.717) is 13.2 Å². The third kappa shape index (κ3) is 3.63. The quantitative estimate of drug-likeness (QED) is 0.759. The lowest BCUT2D eigenvalue weighted by atomic mass is 10.1. The highest BCUT2D eigenvalue weighted by molar-refractivity contribution is 5.34. The first-order valence-electron chi connectivity index (χ1n) is 7.16. The summed E-state index contributed by atoms with van der Waals surface area (Å²) in [4.78, 5) is 0. The molecule has 0 aliphatic heterocycles. The maximum atomic E-state index is 5.95. The van der Waals surface area contributed by atoms with Crippen molar-refractivity contribution in [2.45, 2.75) is 20.1 Å². The smallest absolute Gasteiger partial charge is 0.138 e. The van der Waals surface area contributed by atoms with Crippen LogP contribution in [0.15, 0.2) is 61.2 Å². The van der Waals surface area contributed by atoms with Gasteiger partial charge in [-0.3, -0.25) is 0 Å². The van der Waals surface area contributed by atoms with E-state index in [1.54, 1.807) is 17.3 Å². The zero-order chi connectivity index (χ0) is 15.2. The van der Waals surface area contributed by atoms with Gasteiger partial charge in [0.2, 0.25) is 0 Å². The second-order valence-corrected chi connectivity index (χ2v) is 5.09. The number of ether oxygens (including phenoxy) is 1. The molecule has 1 heterocycles. The molecule has 0 bridgehead atoms. The topological polar surface area (TPSA) is 52.0 Å². The molecule has 0 unspecified atom stereocenters. The van der Waals surface area contributed by atoms with Crippen LogP contribution in [0.1, 0.15) is 16.7 Å². The van der Waals surface area contributed by atoms with Gasteiger partial charge in [-0.2, -0.15) is 0 Å². The van der Waals surface area contributed by atoms with Crippen molar-refractivity contribution in [3.63, 3.8) is 0 Å². The SMILES string of the molecule is Cc1ccc(COc2ccccc2CNn2cnnc2)cc1. The monoisotopic (exact) mass is 294 g/mol. The highest BCUT2D eigenvalue weighted by Gasteiger charge is 2.03. The first kappa shape index (κ1) is 14.1. The van der Waals surface area contributed by atoms with Gasteiger partial charge in [0.1, 0.15) is 25.0 Å². The van der Waals surface area contributed by atoms with Crippen LogP contribution >= 0.6 is 0 Å². The Labute approximate surface area is 129 Å². The third-order valence-electron chi connectivity index (χ3n) is 3.36. The lowest BCUT2D eigenvalue weighted by molar-refractivity contribution is 0.303. The van der Waals surface area contributed by atoms with Crippen molar-refractivity contribution in [2.75, 3.05) is 5.43 Å². The molecule has 0 radical (unpaired) electrons. The van der Waals surface area contributed by atoms with E-state index in [9.17, 15) is 0 Å². The van der Waals surface area contributed by atoms with Crippen LogP contribution in [0.25, 0.3) is 0 Å². The van der Waals surface area contributed by atoms with Gasteiger partial charge in [0, 0.05) is 5.56 Å². The van der Waals surface area contributed by atoms with Crippen molar-refractivity contribution in [2.24, 2.45) is 0 Å². The van der Waals surface area contributed by atoms with Gasteiger partial charge >= 0.3 is 0 Å². The average Bonchev–Trinajstić information content (AvgIpc) is 3.07. The van der Waals surface area contributed by atoms with E-state index in [-0.39, 0.29) is 0 Å². The second kappa shape index (κ2) is 6.76. The largest absolute Gasteiger partial charge is 0.489 e. The number of hydrogen-bond acceptors (Lipinski definition) is 4. The van der Waals surface area contributed by atoms with Crippen LogP contribution in [0.2, 0.25) is 0 Å². The molecule has 0 fully saturated rings. The molecule has 0 aliphatic rings. The number of aryl methyl sites for hydroxylation is 1. The molecular weight excluding hydrogens is 276 g/mol. The van der Waals surface area contributed by atoms with Crippen LogP contribution in [0.5, 0.6) is 5.75 Å². The number of rotatable bonds is 6. The summed E-state index contributed by atoms with van der Waals surface area (Å²) in [6.45, 7) is 3.28. The van der Waals surface area contributed by atoms with Gasteiger partial charge in [0.15, 0.2) is 0 Å². The molecule has 0 saturated heterocycles. The van der Waals surface area contributed by atoms with Gasteiger partial charge in [-0.25, -0.2) is 4.68 Å². The summed E-state index contributed by atoms with van der Waals surface area (Å²) >= 11 is 0. The van der Waals surface area contributed by atoms with E-state index < -0.39 is 0 Å². The van der Waals surface area contributed by atoms with Gasteiger partial charge in [0.25, 0.3) is 0 Å². The predicted octanol–water partition coefficient (Wildman–Crippen LogP) is 2.91. The number of hydrogen-bond donors (Lipinski definition) is 1. The summed E-state index contributed by atoms with van der Waals surface area (Å²) < 4.78 is 7.67. The summed E-state index contributed by atoms with van der Waals surface area (Å²) in [6.07, 6.45) is 3.24. The Bertz CT molecular complexity index is 708. The summed E-state index contributed by atoms with van der Waals surface area (Å²) in [5.41, 5.74) is 6.70. The van der Waals surface area contributed by atoms with Gasteiger partial charge in [-0.1, -0.05) is 48.0 Å². The zero-order valence-electron chi connectivity index (χ0n) is 12.4. The Morgan fingerprint density at radius 3 is 2.50 bits per heavy atom. The molecule has 0 spiro atoms. The third-order valence-corrected chi connectivity index (χ3v) is 3.36. The highest BCUT2D eigenvalue weighted by atomic mass is 16.5. The standard InChI is InChI=1S/C17H18N4O/c1-14-6-8-15(9-7-14)11-22-17-5-3-2-4-16(17)10-20-21-12-18-19-13-21/h2-9,12-13,20H,10-11H2,1H3. The number of benzene rings is 2. The molecule has 0 aliphatic carbocycles. The molecule has 5 heteroatoms. The lowest BCUT2D eigenvalue weighted by Gasteiger charge is -2.13. The molecule has 3 rings (SSSR count). The number of nitrogens with zero attached hydrogens (tertiary/aromatic N) is 3. The van der Waals surface area contributed by atoms with Crippen molar-refractivity contribution in [3.05, 3.63) is 77.9 Å². The molecule has 2 aromatic carbocycles. The van der Waals surface area contributed by atoms with Crippen LogP contribution < -0.4 is 10.2 Å². The fourth-order valence-corrected chi connectivity index (χ4v) is 2.09. The molecule has 1 aromatic heterocycles. The van der Waals surface area contributed by atoms with Crippen LogP contribution in [-0.2, 0) is 13.2 Å². The van der Waals surface area contributed by atoms with Crippen molar-refractivity contribution in [3.8, 4) is 5.75 Å². The van der Waals surface area contributed by atoms with Crippen molar-refractivity contribution in [1.82, 2.24) is 14.9 Å². The predicted molar refractivity (Wildman–Crippen MR) is 85.0 cm³/mol. The maximum Gasteiger partial charge on any atom is 0.138 e. The van der Waals surface area contributed by atoms with Gasteiger partial charge < -0.3 is 10.2 Å². The number of nitrogens with one attached hydrogen (secondary N) is 1. The second-order valence-electron chi connectivity index (χ2n) is 5.09. The first-order valence-corrected chi connectivity index (χ1v) is 7.16. The fraction of sp³-hybridized carbons (Fsp3) is 0.176. The molecular formula is C17H18N4O. The molecule has 3 aromatic rings. The van der Waals surface area contributed by atoms with E-state index in [1.165, 1.54) is 5.56 Å². The zero-order valence-corrected chi connectivity index (χ0v) is 12.4. The average molecular weight is 294 g/mol. The van der Waals surface area contributed by atoms with Crippen LogP contribution in [0, 0.1) is 6.92 Å². The van der Waals surface area contributed by atoms with E-state index >= 15 is 0 Å². The molecule has 0 atom stereocenters. The Kier molecular flexibility index (Phi) is 4.34. The van der Waals surface area contributed by atoms with Gasteiger partial charge in [-0.05, 0) is 18.6 Å². The fourth-order valence-electron chi connectivity index (χ4n) is 2.09. The Morgan fingerprint density at radius 2 is 1.73 bits per heavy atom. The van der Waals surface area contributed by atoms with Crippen molar-refractivity contribution >= 4 is 0 Å². The summed E-state index contributed by atoms with van der Waals surface area (Å²) in [5, 5.41) is 7.52. The molecule has 1 N–H and O–H groups in total. The highest BCUT2D eigenvalue weighted by Crippen LogP contribution is 2.19. The van der Waals surface area contributed by atoms with E-state index in [4.69, 9.17) is 4.74 Å². The van der Waals surface area contributed by atoms with Crippen molar-refractivity contribution < 1.29 is 4.74 Å². The Hall–Kier alpha value is -2.82. The minimum atomic E-state index is 0.559. The Morgan fingerprint density at radius 1 is 1.00 bits per heavy atom. The van der Waals surface area contributed by atoms with Gasteiger partial charge in [0.05, 0.1) is 6.54 Å². The summed E-state index contributed by atoms with van der Waals surface area (Å²) in [5.74, 6) is 0.878. The number of para-hydroxylation sites is 1. The van der Waals surface area contributed by atoms with Crippen LogP contribution in [0.4, 0.5) is 0 Å². The maximum absolute atomic E-state index is 5.95. The molecule has 22 heavy (non-hydrogen) atoms. The molecule has 0 amide bonds. The van der Waals surface area contributed by atoms with Crippen LogP contribution in [0.3, 0.4) is 0 Å².